The van der Waals surface area contributed by atoms with Gasteiger partial charge in [-0.3, -0.25) is 4.79 Å². The minimum Gasteiger partial charge on any atom is -0.490 e. The monoisotopic (exact) mass is 387 g/mol. The molecule has 0 atom stereocenters. The number of hydrogen-bond acceptors (Lipinski definition) is 6. The van der Waals surface area contributed by atoms with Gasteiger partial charge in [-0.25, -0.2) is 4.39 Å². The Hall–Kier alpha value is -2.87. The van der Waals surface area contributed by atoms with Gasteiger partial charge in [0.15, 0.2) is 16.7 Å². The Bertz CT molecular complexity index is 869. The van der Waals surface area contributed by atoms with E-state index in [-0.39, 0.29) is 11.7 Å². The number of nitrogens with zero attached hydrogens (tertiary/aromatic N) is 2. The third kappa shape index (κ3) is 5.55. The lowest BCUT2D eigenvalue weighted by Crippen LogP contribution is -2.19. The Morgan fingerprint density at radius 1 is 1.19 bits per heavy atom. The molecule has 140 valence electrons. The van der Waals surface area contributed by atoms with E-state index < -0.39 is 0 Å². The summed E-state index contributed by atoms with van der Waals surface area (Å²) >= 11 is 1.31. The van der Waals surface area contributed by atoms with Crippen molar-refractivity contribution in [3.05, 3.63) is 59.4 Å². The first-order valence-corrected chi connectivity index (χ1v) is 9.30. The molecule has 0 aliphatic carbocycles. The third-order valence-corrected chi connectivity index (χ3v) is 4.38. The number of amides is 1. The molecule has 2 aromatic rings. The predicted octanol–water partition coefficient (Wildman–Crippen LogP) is 3.36. The minimum absolute atomic E-state index is 0.0739. The molecule has 1 fully saturated rings. The number of nitrogens with one attached hydrogen (secondary N) is 1. The maximum Gasteiger partial charge on any atom is 0.236 e. The molecule has 1 N–H and O–H groups in total. The summed E-state index contributed by atoms with van der Waals surface area (Å²) < 4.78 is 24.4. The number of amidine groups is 1. The first-order valence-electron chi connectivity index (χ1n) is 8.32. The summed E-state index contributed by atoms with van der Waals surface area (Å²) in [5.41, 5.74) is 1.64. The molecule has 0 bridgehead atoms. The molecule has 1 aliphatic rings. The second-order valence-electron chi connectivity index (χ2n) is 5.54. The average molecular weight is 387 g/mol. The van der Waals surface area contributed by atoms with Crippen molar-refractivity contribution >= 4 is 29.1 Å². The van der Waals surface area contributed by atoms with E-state index in [2.05, 4.69) is 15.5 Å². The second-order valence-corrected chi connectivity index (χ2v) is 6.50. The van der Waals surface area contributed by atoms with E-state index in [0.29, 0.717) is 35.6 Å². The molecule has 8 heteroatoms. The summed E-state index contributed by atoms with van der Waals surface area (Å²) in [6.45, 7) is 2.67. The Kier molecular flexibility index (Phi) is 6.43. The van der Waals surface area contributed by atoms with Crippen LogP contribution in [0.15, 0.2) is 52.7 Å². The number of carbonyl (C=O) groups excluding carboxylic acids is 1. The van der Waals surface area contributed by atoms with Crippen LogP contribution in [0.25, 0.3) is 0 Å². The Balaban J connectivity index is 1.68. The minimum atomic E-state index is -0.281. The van der Waals surface area contributed by atoms with Gasteiger partial charge < -0.3 is 14.8 Å². The summed E-state index contributed by atoms with van der Waals surface area (Å²) in [6.07, 6.45) is 1.57. The van der Waals surface area contributed by atoms with Crippen molar-refractivity contribution in [2.24, 2.45) is 10.2 Å². The first-order chi connectivity index (χ1) is 13.1. The van der Waals surface area contributed by atoms with E-state index in [1.54, 1.807) is 30.5 Å². The van der Waals surface area contributed by atoms with Gasteiger partial charge in [0.25, 0.3) is 0 Å². The molecule has 1 amide bonds. The number of benzene rings is 2. The lowest BCUT2D eigenvalue weighted by Gasteiger charge is -2.12. The van der Waals surface area contributed by atoms with Crippen LogP contribution < -0.4 is 14.8 Å². The Morgan fingerprint density at radius 2 is 2.00 bits per heavy atom. The number of halogens is 1. The zero-order chi connectivity index (χ0) is 19.1. The van der Waals surface area contributed by atoms with Crippen LogP contribution in [0.4, 0.5) is 4.39 Å². The molecule has 3 rings (SSSR count). The quantitative estimate of drug-likeness (QED) is 0.584. The molecule has 6 nitrogen and oxygen atoms in total. The first kappa shape index (κ1) is 18.9. The van der Waals surface area contributed by atoms with Crippen LogP contribution in [-0.4, -0.2) is 29.6 Å². The largest absolute Gasteiger partial charge is 0.490 e. The van der Waals surface area contributed by atoms with Crippen LogP contribution in [0, 0.1) is 5.82 Å². The van der Waals surface area contributed by atoms with Gasteiger partial charge in [0.1, 0.15) is 12.4 Å². The molecule has 0 saturated carbocycles. The highest BCUT2D eigenvalue weighted by Crippen LogP contribution is 2.29. The van der Waals surface area contributed by atoms with Gasteiger partial charge in [0, 0.05) is 0 Å². The Morgan fingerprint density at radius 3 is 2.70 bits per heavy atom. The van der Waals surface area contributed by atoms with Crippen LogP contribution in [0.5, 0.6) is 11.5 Å². The fraction of sp³-hybridized carbons (Fsp3) is 0.211. The molecule has 0 unspecified atom stereocenters. The summed E-state index contributed by atoms with van der Waals surface area (Å²) in [5, 5.41) is 11.0. The number of hydrogen-bond donors (Lipinski definition) is 1. The van der Waals surface area contributed by atoms with Gasteiger partial charge in [-0.05, 0) is 48.4 Å². The van der Waals surface area contributed by atoms with Gasteiger partial charge in [-0.15, -0.1) is 5.10 Å². The molecular weight excluding hydrogens is 369 g/mol. The maximum absolute atomic E-state index is 13.0. The number of rotatable bonds is 7. The van der Waals surface area contributed by atoms with E-state index in [1.807, 2.05) is 13.0 Å². The van der Waals surface area contributed by atoms with Crippen molar-refractivity contribution in [2.75, 3.05) is 12.4 Å². The SMILES string of the molecule is CCOc1cc(/C=N/N=C2/NC(=O)CS2)ccc1OCc1ccc(F)cc1. The van der Waals surface area contributed by atoms with Crippen LogP contribution in [0.3, 0.4) is 0 Å². The van der Waals surface area contributed by atoms with Gasteiger partial charge in [-0.2, -0.15) is 5.10 Å². The van der Waals surface area contributed by atoms with Crippen molar-refractivity contribution in [3.8, 4) is 11.5 Å². The number of ether oxygens (including phenoxy) is 2. The van der Waals surface area contributed by atoms with Crippen LogP contribution in [0.1, 0.15) is 18.1 Å². The van der Waals surface area contributed by atoms with Crippen molar-refractivity contribution in [3.63, 3.8) is 0 Å². The van der Waals surface area contributed by atoms with Crippen molar-refractivity contribution in [1.29, 1.82) is 0 Å². The van der Waals surface area contributed by atoms with E-state index in [4.69, 9.17) is 9.47 Å². The highest BCUT2D eigenvalue weighted by Gasteiger charge is 2.16. The Labute approximate surface area is 160 Å². The highest BCUT2D eigenvalue weighted by molar-refractivity contribution is 8.15. The molecular formula is C19H18FN3O3S. The summed E-state index contributed by atoms with van der Waals surface area (Å²) in [7, 11) is 0. The number of thioether (sulfide) groups is 1. The predicted molar refractivity (Wildman–Crippen MR) is 104 cm³/mol. The van der Waals surface area contributed by atoms with Gasteiger partial charge in [0.05, 0.1) is 18.6 Å². The van der Waals surface area contributed by atoms with Crippen LogP contribution in [-0.2, 0) is 11.4 Å². The maximum atomic E-state index is 13.0. The fourth-order valence-electron chi connectivity index (χ4n) is 2.26. The van der Waals surface area contributed by atoms with E-state index in [9.17, 15) is 9.18 Å². The zero-order valence-corrected chi connectivity index (χ0v) is 15.5. The van der Waals surface area contributed by atoms with E-state index in [1.165, 1.54) is 23.9 Å². The molecule has 0 spiro atoms. The fourth-order valence-corrected chi connectivity index (χ4v) is 2.89. The van der Waals surface area contributed by atoms with Crippen molar-refractivity contribution < 1.29 is 18.7 Å². The number of carbonyl (C=O) groups is 1. The van der Waals surface area contributed by atoms with Gasteiger partial charge in [0.2, 0.25) is 5.91 Å². The smallest absolute Gasteiger partial charge is 0.236 e. The topological polar surface area (TPSA) is 72.3 Å². The van der Waals surface area contributed by atoms with Crippen LogP contribution >= 0.6 is 11.8 Å². The molecule has 0 aromatic heterocycles. The molecule has 0 radical (unpaired) electrons. The third-order valence-electron chi connectivity index (χ3n) is 3.52. The normalized spacial score (nSPS) is 15.3. The highest BCUT2D eigenvalue weighted by atomic mass is 32.2. The molecule has 27 heavy (non-hydrogen) atoms. The lowest BCUT2D eigenvalue weighted by atomic mass is 10.2. The summed E-state index contributed by atoms with van der Waals surface area (Å²) in [4.78, 5) is 11.1. The second kappa shape index (κ2) is 9.18. The van der Waals surface area contributed by atoms with Crippen molar-refractivity contribution in [1.82, 2.24) is 5.32 Å². The zero-order valence-electron chi connectivity index (χ0n) is 14.6. The summed E-state index contributed by atoms with van der Waals surface area (Å²) in [5.74, 6) is 1.18. The molecule has 1 heterocycles. The lowest BCUT2D eigenvalue weighted by molar-refractivity contribution is -0.116. The van der Waals surface area contributed by atoms with E-state index in [0.717, 1.165) is 11.1 Å². The average Bonchev–Trinajstić information content (AvgIpc) is 3.08. The van der Waals surface area contributed by atoms with Gasteiger partial charge in [-0.1, -0.05) is 23.9 Å². The molecule has 1 saturated heterocycles. The molecule has 1 aliphatic heterocycles. The summed E-state index contributed by atoms with van der Waals surface area (Å²) in [6, 6.07) is 11.6. The van der Waals surface area contributed by atoms with Crippen LogP contribution in [0.2, 0.25) is 0 Å². The standard InChI is InChI=1S/C19H18FN3O3S/c1-2-25-17-9-14(10-21-23-19-22-18(24)12-27-19)5-8-16(17)26-11-13-3-6-15(20)7-4-13/h3-10H,2,11-12H2,1H3,(H,22,23,24)/b21-10+. The molecule has 2 aromatic carbocycles. The van der Waals surface area contributed by atoms with E-state index >= 15 is 0 Å². The van der Waals surface area contributed by atoms with Crippen molar-refractivity contribution in [2.45, 2.75) is 13.5 Å². The van der Waals surface area contributed by atoms with Gasteiger partial charge >= 0.3 is 0 Å².